The lowest BCUT2D eigenvalue weighted by molar-refractivity contribution is -0.384. The number of nitro benzene ring substituents is 1. The summed E-state index contributed by atoms with van der Waals surface area (Å²) < 4.78 is 5.24. The smallest absolute Gasteiger partial charge is 0.341 e. The van der Waals surface area contributed by atoms with Gasteiger partial charge < -0.3 is 15.4 Å². The number of rotatable bonds is 6. The highest BCUT2D eigenvalue weighted by Crippen LogP contribution is 2.24. The molecule has 2 rings (SSSR count). The Morgan fingerprint density at radius 3 is 2.25 bits per heavy atom. The summed E-state index contributed by atoms with van der Waals surface area (Å²) in [6.07, 6.45) is -1.09. The number of aryl methyl sites for hydroxylation is 3. The van der Waals surface area contributed by atoms with Gasteiger partial charge in [0, 0.05) is 30.6 Å². The van der Waals surface area contributed by atoms with Gasteiger partial charge in [0.1, 0.15) is 0 Å². The summed E-state index contributed by atoms with van der Waals surface area (Å²) in [5.41, 5.74) is 3.67. The predicted octanol–water partition coefficient (Wildman–Crippen LogP) is 3.75. The fourth-order valence-corrected chi connectivity index (χ4v) is 2.91. The van der Waals surface area contributed by atoms with Crippen LogP contribution in [0.25, 0.3) is 0 Å². The Morgan fingerprint density at radius 2 is 1.71 bits per heavy atom. The van der Waals surface area contributed by atoms with Crippen molar-refractivity contribution in [1.82, 2.24) is 0 Å². The first-order chi connectivity index (χ1) is 13.1. The largest absolute Gasteiger partial charge is 0.449 e. The Hall–Kier alpha value is -3.42. The van der Waals surface area contributed by atoms with Gasteiger partial charge in [0.2, 0.25) is 0 Å². The average Bonchev–Trinajstić information content (AvgIpc) is 2.63. The number of anilines is 2. The normalized spacial score (nSPS) is 11.5. The van der Waals surface area contributed by atoms with E-state index in [-0.39, 0.29) is 11.3 Å². The minimum absolute atomic E-state index is 0.0148. The molecule has 0 spiro atoms. The van der Waals surface area contributed by atoms with Gasteiger partial charge in [-0.05, 0) is 44.9 Å². The number of hydrogen-bond acceptors (Lipinski definition) is 6. The lowest BCUT2D eigenvalue weighted by atomic mass is 10.0. The molecule has 0 aliphatic carbocycles. The number of nitro groups is 1. The van der Waals surface area contributed by atoms with Crippen LogP contribution < -0.4 is 10.6 Å². The van der Waals surface area contributed by atoms with Gasteiger partial charge in [-0.25, -0.2) is 4.79 Å². The molecule has 0 fully saturated rings. The van der Waals surface area contributed by atoms with Crippen LogP contribution in [-0.2, 0) is 9.53 Å². The first-order valence-electron chi connectivity index (χ1n) is 8.70. The van der Waals surface area contributed by atoms with Crippen LogP contribution in [0.2, 0.25) is 0 Å². The number of carbonyl (C=O) groups is 2. The summed E-state index contributed by atoms with van der Waals surface area (Å²) in [5, 5.41) is 16.5. The average molecular weight is 385 g/mol. The van der Waals surface area contributed by atoms with Crippen molar-refractivity contribution in [3.05, 3.63) is 62.7 Å². The van der Waals surface area contributed by atoms with Gasteiger partial charge in [-0.2, -0.15) is 0 Å². The van der Waals surface area contributed by atoms with Gasteiger partial charge in [0.25, 0.3) is 11.6 Å². The van der Waals surface area contributed by atoms with E-state index in [2.05, 4.69) is 10.6 Å². The predicted molar refractivity (Wildman–Crippen MR) is 107 cm³/mol. The van der Waals surface area contributed by atoms with E-state index in [1.807, 2.05) is 32.9 Å². The molecule has 0 radical (unpaired) electrons. The molecule has 2 aromatic carbocycles. The Morgan fingerprint density at radius 1 is 1.11 bits per heavy atom. The molecule has 0 aliphatic heterocycles. The zero-order valence-corrected chi connectivity index (χ0v) is 16.5. The van der Waals surface area contributed by atoms with E-state index in [1.54, 1.807) is 7.05 Å². The molecule has 0 saturated heterocycles. The number of ether oxygens (including phenoxy) is 1. The minimum Gasteiger partial charge on any atom is -0.449 e. The topological polar surface area (TPSA) is 111 Å². The van der Waals surface area contributed by atoms with Crippen LogP contribution >= 0.6 is 0 Å². The molecule has 8 nitrogen and oxygen atoms in total. The molecule has 0 aromatic heterocycles. The second-order valence-corrected chi connectivity index (χ2v) is 6.55. The summed E-state index contributed by atoms with van der Waals surface area (Å²) in [6, 6.07) is 7.70. The summed E-state index contributed by atoms with van der Waals surface area (Å²) in [6.45, 7) is 7.18. The van der Waals surface area contributed by atoms with Gasteiger partial charge in [-0.1, -0.05) is 17.7 Å². The Bertz CT molecular complexity index is 916. The van der Waals surface area contributed by atoms with Gasteiger partial charge in [0.05, 0.1) is 10.5 Å². The first-order valence-corrected chi connectivity index (χ1v) is 8.70. The second-order valence-electron chi connectivity index (χ2n) is 6.55. The van der Waals surface area contributed by atoms with Crippen LogP contribution in [0.4, 0.5) is 17.1 Å². The van der Waals surface area contributed by atoms with Gasteiger partial charge >= 0.3 is 5.97 Å². The van der Waals surface area contributed by atoms with Crippen molar-refractivity contribution >= 4 is 28.9 Å². The standard InChI is InChI=1S/C20H23N3O5/c1-11-8-12(2)18(13(3)9-11)22-19(24)14(4)28-20(25)16-10-15(23(26)27)6-7-17(16)21-5/h6-10,14,21H,1-5H3,(H,22,24)/t14-/m1/s1. The van der Waals surface area contributed by atoms with E-state index in [4.69, 9.17) is 4.74 Å². The summed E-state index contributed by atoms with van der Waals surface area (Å²) in [5.74, 6) is -1.31. The fraction of sp³-hybridized carbons (Fsp3) is 0.300. The van der Waals surface area contributed by atoms with Crippen molar-refractivity contribution in [1.29, 1.82) is 0 Å². The number of amides is 1. The maximum absolute atomic E-state index is 12.5. The second kappa shape index (κ2) is 8.51. The molecule has 0 unspecified atom stereocenters. The lowest BCUT2D eigenvalue weighted by Gasteiger charge is -2.17. The van der Waals surface area contributed by atoms with Crippen LogP contribution in [0, 0.1) is 30.9 Å². The van der Waals surface area contributed by atoms with Gasteiger partial charge in [0.15, 0.2) is 6.10 Å². The summed E-state index contributed by atoms with van der Waals surface area (Å²) >= 11 is 0. The third-order valence-corrected chi connectivity index (χ3v) is 4.28. The van der Waals surface area contributed by atoms with E-state index in [9.17, 15) is 19.7 Å². The molecule has 148 valence electrons. The van der Waals surface area contributed by atoms with E-state index < -0.39 is 22.9 Å². The molecule has 2 N–H and O–H groups in total. The molecule has 0 heterocycles. The Balaban J connectivity index is 2.17. The summed E-state index contributed by atoms with van der Waals surface area (Å²) in [7, 11) is 1.58. The molecule has 2 aromatic rings. The lowest BCUT2D eigenvalue weighted by Crippen LogP contribution is -2.30. The zero-order chi connectivity index (χ0) is 21.0. The van der Waals surface area contributed by atoms with Crippen molar-refractivity contribution in [2.45, 2.75) is 33.8 Å². The zero-order valence-electron chi connectivity index (χ0n) is 16.5. The van der Waals surface area contributed by atoms with E-state index in [1.165, 1.54) is 19.1 Å². The Labute approximate surface area is 163 Å². The monoisotopic (exact) mass is 385 g/mol. The van der Waals surface area contributed by atoms with Crippen molar-refractivity contribution in [2.24, 2.45) is 0 Å². The van der Waals surface area contributed by atoms with E-state index in [0.29, 0.717) is 11.4 Å². The van der Waals surface area contributed by atoms with Crippen molar-refractivity contribution in [2.75, 3.05) is 17.7 Å². The number of carbonyl (C=O) groups excluding carboxylic acids is 2. The molecule has 0 aliphatic rings. The Kier molecular flexibility index (Phi) is 6.35. The SMILES string of the molecule is CNc1ccc([N+](=O)[O-])cc1C(=O)O[C@H](C)C(=O)Nc1c(C)cc(C)cc1C. The van der Waals surface area contributed by atoms with Gasteiger partial charge in [-0.15, -0.1) is 0 Å². The number of non-ortho nitro benzene ring substituents is 1. The third-order valence-electron chi connectivity index (χ3n) is 4.28. The highest BCUT2D eigenvalue weighted by atomic mass is 16.6. The molecule has 0 bridgehead atoms. The molecule has 1 amide bonds. The highest BCUT2D eigenvalue weighted by molar-refractivity contribution is 6.00. The first kappa shape index (κ1) is 20.9. The maximum atomic E-state index is 12.5. The van der Waals surface area contributed by atoms with Crippen LogP contribution in [0.1, 0.15) is 34.0 Å². The molecule has 1 atom stereocenters. The van der Waals surface area contributed by atoms with Crippen LogP contribution in [-0.4, -0.2) is 30.0 Å². The molecule has 8 heteroatoms. The van der Waals surface area contributed by atoms with Gasteiger partial charge in [-0.3, -0.25) is 14.9 Å². The molecule has 0 saturated carbocycles. The van der Waals surface area contributed by atoms with Crippen molar-refractivity contribution in [3.63, 3.8) is 0 Å². The number of nitrogens with zero attached hydrogens (tertiary/aromatic N) is 1. The number of esters is 1. The van der Waals surface area contributed by atoms with Crippen LogP contribution in [0.5, 0.6) is 0 Å². The highest BCUT2D eigenvalue weighted by Gasteiger charge is 2.23. The minimum atomic E-state index is -1.09. The molecular weight excluding hydrogens is 362 g/mol. The number of benzene rings is 2. The summed E-state index contributed by atoms with van der Waals surface area (Å²) in [4.78, 5) is 35.3. The van der Waals surface area contributed by atoms with Crippen LogP contribution in [0.15, 0.2) is 30.3 Å². The molecule has 28 heavy (non-hydrogen) atoms. The van der Waals surface area contributed by atoms with E-state index in [0.717, 1.165) is 22.8 Å². The van der Waals surface area contributed by atoms with Crippen molar-refractivity contribution in [3.8, 4) is 0 Å². The number of hydrogen-bond donors (Lipinski definition) is 2. The molecular formula is C20H23N3O5. The quantitative estimate of drug-likeness (QED) is 0.445. The van der Waals surface area contributed by atoms with Crippen molar-refractivity contribution < 1.29 is 19.2 Å². The maximum Gasteiger partial charge on any atom is 0.341 e. The third kappa shape index (κ3) is 4.64. The fourth-order valence-electron chi connectivity index (χ4n) is 2.91. The number of nitrogens with one attached hydrogen (secondary N) is 2. The van der Waals surface area contributed by atoms with Crippen LogP contribution in [0.3, 0.4) is 0 Å². The van der Waals surface area contributed by atoms with E-state index >= 15 is 0 Å².